The highest BCUT2D eigenvalue weighted by Crippen LogP contribution is 2.35. The Morgan fingerprint density at radius 3 is 2.38 bits per heavy atom. The van der Waals surface area contributed by atoms with Crippen LogP contribution in [0.4, 0.5) is 21.6 Å². The number of piperidine rings is 1. The molecule has 8 heteroatoms. The molecule has 1 aromatic carbocycles. The lowest BCUT2D eigenvalue weighted by molar-refractivity contribution is -0.0132. The SMILES string of the molecule is COC(=O)c1cc(N2CCC(C)(OC)CC2)c(C(=N)C(C)C)c(Nc2ccc(F)cc2)n1. The smallest absolute Gasteiger partial charge is 0.356 e. The maximum absolute atomic E-state index is 13.4. The molecule has 32 heavy (non-hydrogen) atoms. The Balaban J connectivity index is 2.13. The van der Waals surface area contributed by atoms with Gasteiger partial charge in [-0.15, -0.1) is 0 Å². The minimum Gasteiger partial charge on any atom is -0.464 e. The number of ether oxygens (including phenoxy) is 2. The highest BCUT2D eigenvalue weighted by Gasteiger charge is 2.32. The summed E-state index contributed by atoms with van der Waals surface area (Å²) >= 11 is 0. The molecule has 2 aromatic rings. The van der Waals surface area contributed by atoms with Crippen molar-refractivity contribution in [3.05, 3.63) is 47.4 Å². The van der Waals surface area contributed by atoms with Crippen LogP contribution in [0.5, 0.6) is 0 Å². The fourth-order valence-corrected chi connectivity index (χ4v) is 3.73. The number of halogens is 1. The van der Waals surface area contributed by atoms with E-state index in [0.717, 1.165) is 18.5 Å². The summed E-state index contributed by atoms with van der Waals surface area (Å²) in [6.07, 6.45) is 1.63. The van der Waals surface area contributed by atoms with Crippen LogP contribution in [0.1, 0.15) is 49.7 Å². The largest absolute Gasteiger partial charge is 0.464 e. The monoisotopic (exact) mass is 442 g/mol. The Morgan fingerprint density at radius 1 is 1.22 bits per heavy atom. The van der Waals surface area contributed by atoms with Gasteiger partial charge in [0.05, 0.1) is 24.0 Å². The normalized spacial score (nSPS) is 15.5. The van der Waals surface area contributed by atoms with Gasteiger partial charge >= 0.3 is 5.97 Å². The molecule has 1 aromatic heterocycles. The number of esters is 1. The molecule has 0 saturated carbocycles. The third-order valence-corrected chi connectivity index (χ3v) is 6.00. The number of nitrogens with one attached hydrogen (secondary N) is 2. The van der Waals surface area contributed by atoms with Gasteiger partial charge in [0.2, 0.25) is 0 Å². The zero-order chi connectivity index (χ0) is 23.5. The summed E-state index contributed by atoms with van der Waals surface area (Å²) in [4.78, 5) is 19.1. The van der Waals surface area contributed by atoms with Crippen molar-refractivity contribution in [3.8, 4) is 0 Å². The van der Waals surface area contributed by atoms with Gasteiger partial charge in [0.1, 0.15) is 11.6 Å². The topological polar surface area (TPSA) is 87.5 Å². The second kappa shape index (κ2) is 9.65. The summed E-state index contributed by atoms with van der Waals surface area (Å²) in [6, 6.07) is 7.57. The molecule has 1 aliphatic rings. The van der Waals surface area contributed by atoms with E-state index in [2.05, 4.69) is 22.1 Å². The number of methoxy groups -OCH3 is 2. The molecule has 0 atom stereocenters. The molecule has 0 spiro atoms. The third kappa shape index (κ3) is 5.07. The summed E-state index contributed by atoms with van der Waals surface area (Å²) < 4.78 is 24.0. The molecule has 0 bridgehead atoms. The summed E-state index contributed by atoms with van der Waals surface area (Å²) in [7, 11) is 3.04. The van der Waals surface area contributed by atoms with E-state index in [0.29, 0.717) is 35.9 Å². The van der Waals surface area contributed by atoms with Crippen LogP contribution in [0, 0.1) is 17.1 Å². The Bertz CT molecular complexity index is 983. The van der Waals surface area contributed by atoms with E-state index in [9.17, 15) is 9.18 Å². The molecule has 172 valence electrons. The summed E-state index contributed by atoms with van der Waals surface area (Å²) in [5.41, 5.74) is 2.33. The number of hydrogen-bond acceptors (Lipinski definition) is 7. The van der Waals surface area contributed by atoms with E-state index in [1.807, 2.05) is 13.8 Å². The van der Waals surface area contributed by atoms with Gasteiger partial charge in [-0.25, -0.2) is 14.2 Å². The van der Waals surface area contributed by atoms with Crippen molar-refractivity contribution in [1.29, 1.82) is 5.41 Å². The van der Waals surface area contributed by atoms with E-state index in [1.54, 1.807) is 25.3 Å². The molecule has 2 heterocycles. The van der Waals surface area contributed by atoms with Crippen LogP contribution in [0.15, 0.2) is 30.3 Å². The van der Waals surface area contributed by atoms with Crippen molar-refractivity contribution in [2.75, 3.05) is 37.5 Å². The van der Waals surface area contributed by atoms with Gasteiger partial charge < -0.3 is 25.1 Å². The van der Waals surface area contributed by atoms with Crippen molar-refractivity contribution in [1.82, 2.24) is 4.98 Å². The molecule has 0 radical (unpaired) electrons. The first-order chi connectivity index (χ1) is 15.2. The highest BCUT2D eigenvalue weighted by molar-refractivity contribution is 6.09. The zero-order valence-electron chi connectivity index (χ0n) is 19.3. The van der Waals surface area contributed by atoms with Crippen LogP contribution in [0.3, 0.4) is 0 Å². The molecular weight excluding hydrogens is 411 g/mol. The summed E-state index contributed by atoms with van der Waals surface area (Å²) in [6.45, 7) is 7.41. The number of aromatic nitrogens is 1. The molecule has 0 amide bonds. The van der Waals surface area contributed by atoms with Gasteiger partial charge in [0.25, 0.3) is 0 Å². The van der Waals surface area contributed by atoms with E-state index in [1.165, 1.54) is 19.2 Å². The Kier molecular flexibility index (Phi) is 7.13. The number of nitrogens with zero attached hydrogens (tertiary/aromatic N) is 2. The minimum absolute atomic E-state index is 0.0673. The number of hydrogen-bond donors (Lipinski definition) is 2. The van der Waals surface area contributed by atoms with Crippen molar-refractivity contribution >= 4 is 28.9 Å². The number of benzene rings is 1. The molecular formula is C24H31FN4O3. The first-order valence-corrected chi connectivity index (χ1v) is 10.7. The van der Waals surface area contributed by atoms with Gasteiger partial charge in [0, 0.05) is 31.6 Å². The summed E-state index contributed by atoms with van der Waals surface area (Å²) in [5, 5.41) is 12.0. The van der Waals surface area contributed by atoms with Crippen molar-refractivity contribution in [2.45, 2.75) is 39.2 Å². The van der Waals surface area contributed by atoms with Crippen LogP contribution in [-0.2, 0) is 9.47 Å². The van der Waals surface area contributed by atoms with Crippen LogP contribution >= 0.6 is 0 Å². The maximum atomic E-state index is 13.4. The Hall–Kier alpha value is -3.00. The Morgan fingerprint density at radius 2 is 1.84 bits per heavy atom. The van der Waals surface area contributed by atoms with Gasteiger partial charge in [-0.3, -0.25) is 0 Å². The van der Waals surface area contributed by atoms with Gasteiger partial charge in [-0.2, -0.15) is 0 Å². The maximum Gasteiger partial charge on any atom is 0.356 e. The van der Waals surface area contributed by atoms with Crippen LogP contribution in [0.2, 0.25) is 0 Å². The number of carbonyl (C=O) groups is 1. The van der Waals surface area contributed by atoms with E-state index < -0.39 is 5.97 Å². The molecule has 2 N–H and O–H groups in total. The number of rotatable bonds is 7. The molecule has 7 nitrogen and oxygen atoms in total. The zero-order valence-corrected chi connectivity index (χ0v) is 19.3. The van der Waals surface area contributed by atoms with Crippen LogP contribution in [0.25, 0.3) is 0 Å². The van der Waals surface area contributed by atoms with Crippen molar-refractivity contribution in [2.24, 2.45) is 5.92 Å². The first kappa shape index (κ1) is 23.7. The van der Waals surface area contributed by atoms with E-state index in [4.69, 9.17) is 14.9 Å². The lowest BCUT2D eigenvalue weighted by Gasteiger charge is -2.40. The lowest BCUT2D eigenvalue weighted by Crippen LogP contribution is -2.44. The van der Waals surface area contributed by atoms with E-state index in [-0.39, 0.29) is 23.0 Å². The molecule has 0 unspecified atom stereocenters. The molecule has 3 rings (SSSR count). The number of pyridine rings is 1. The molecule has 1 fully saturated rings. The first-order valence-electron chi connectivity index (χ1n) is 10.7. The van der Waals surface area contributed by atoms with Crippen LogP contribution < -0.4 is 10.2 Å². The average molecular weight is 443 g/mol. The average Bonchev–Trinajstić information content (AvgIpc) is 2.79. The van der Waals surface area contributed by atoms with Gasteiger partial charge in [0.15, 0.2) is 5.69 Å². The van der Waals surface area contributed by atoms with Gasteiger partial charge in [-0.05, 0) is 56.0 Å². The standard InChI is InChI=1S/C24H31FN4O3/c1-15(2)21(26)20-19(29-12-10-24(3,32-5)11-13-29)14-18(23(30)31-4)28-22(20)27-17-8-6-16(25)7-9-17/h6-9,14-15,26H,10-13H2,1-5H3,(H,27,28). The lowest BCUT2D eigenvalue weighted by atomic mass is 9.91. The second-order valence-corrected chi connectivity index (χ2v) is 8.58. The predicted molar refractivity (Wildman–Crippen MR) is 124 cm³/mol. The minimum atomic E-state index is -0.560. The fourth-order valence-electron chi connectivity index (χ4n) is 3.73. The summed E-state index contributed by atoms with van der Waals surface area (Å²) in [5.74, 6) is -0.609. The molecule has 1 aliphatic heterocycles. The Labute approximate surface area is 188 Å². The van der Waals surface area contributed by atoms with Crippen molar-refractivity contribution in [3.63, 3.8) is 0 Å². The fraction of sp³-hybridized carbons (Fsp3) is 0.458. The highest BCUT2D eigenvalue weighted by atomic mass is 19.1. The van der Waals surface area contributed by atoms with Crippen molar-refractivity contribution < 1.29 is 18.7 Å². The van der Waals surface area contributed by atoms with E-state index >= 15 is 0 Å². The quantitative estimate of drug-likeness (QED) is 0.474. The molecule has 1 saturated heterocycles. The van der Waals surface area contributed by atoms with Gasteiger partial charge in [-0.1, -0.05) is 13.8 Å². The number of anilines is 3. The second-order valence-electron chi connectivity index (χ2n) is 8.58. The van der Waals surface area contributed by atoms with Crippen LogP contribution in [-0.4, -0.2) is 49.6 Å². The third-order valence-electron chi connectivity index (χ3n) is 6.00. The predicted octanol–water partition coefficient (Wildman–Crippen LogP) is 4.78. The number of carbonyl (C=O) groups excluding carboxylic acids is 1. The molecule has 0 aliphatic carbocycles.